The van der Waals surface area contributed by atoms with Gasteiger partial charge in [0, 0.05) is 16.6 Å². The van der Waals surface area contributed by atoms with E-state index in [1.807, 2.05) is 31.2 Å². The van der Waals surface area contributed by atoms with Crippen molar-refractivity contribution in [2.75, 3.05) is 0 Å². The van der Waals surface area contributed by atoms with Crippen molar-refractivity contribution in [3.05, 3.63) is 73.7 Å². The van der Waals surface area contributed by atoms with Gasteiger partial charge in [-0.2, -0.15) is 0 Å². The Bertz CT molecular complexity index is 1060. The fraction of sp³-hybridized carbons (Fsp3) is 0.167. The monoisotopic (exact) mass is 373 g/mol. The van der Waals surface area contributed by atoms with Gasteiger partial charge in [0.15, 0.2) is 4.77 Å². The zero-order chi connectivity index (χ0) is 18.0. The number of aromatic nitrogens is 2. The highest BCUT2D eigenvalue weighted by Crippen LogP contribution is 2.17. The normalized spacial score (nSPS) is 12.1. The summed E-state index contributed by atoms with van der Waals surface area (Å²) >= 11 is 11.1. The molecule has 0 aliphatic rings. The van der Waals surface area contributed by atoms with E-state index in [0.717, 1.165) is 5.56 Å². The summed E-state index contributed by atoms with van der Waals surface area (Å²) in [6, 6.07) is 12.3. The van der Waals surface area contributed by atoms with E-state index in [0.29, 0.717) is 27.9 Å². The largest absolute Gasteiger partial charge is 0.349 e. The van der Waals surface area contributed by atoms with Crippen LogP contribution in [0.25, 0.3) is 10.9 Å². The van der Waals surface area contributed by atoms with Crippen LogP contribution in [-0.4, -0.2) is 21.9 Å². The second kappa shape index (κ2) is 7.21. The Labute approximate surface area is 154 Å². The fourth-order valence-electron chi connectivity index (χ4n) is 2.66. The second-order valence-corrected chi connectivity index (χ2v) is 6.65. The lowest BCUT2D eigenvalue weighted by Crippen LogP contribution is -2.34. The van der Waals surface area contributed by atoms with Crippen molar-refractivity contribution in [1.29, 1.82) is 0 Å². The summed E-state index contributed by atoms with van der Waals surface area (Å²) in [4.78, 5) is 29.7. The molecule has 0 spiro atoms. The maximum absolute atomic E-state index is 12.5. The average Bonchev–Trinajstić information content (AvgIpc) is 2.56. The molecule has 1 amide bonds. The van der Waals surface area contributed by atoms with Gasteiger partial charge in [0.2, 0.25) is 0 Å². The quantitative estimate of drug-likeness (QED) is 0.611. The molecular formula is C18H16ClN3O2S. The molecule has 7 heteroatoms. The molecule has 128 valence electrons. The molecular weight excluding hydrogens is 358 g/mol. The predicted molar refractivity (Wildman–Crippen MR) is 102 cm³/mol. The minimum Gasteiger partial charge on any atom is -0.349 e. The maximum atomic E-state index is 12.5. The SMILES string of the molecule is C[C@H](Cc1ccccc1Cl)NC(=O)c1ccc2c(=O)[nH]c(=S)[nH]c2c1. The Kier molecular flexibility index (Phi) is 5.01. The van der Waals surface area contributed by atoms with Crippen molar-refractivity contribution in [1.82, 2.24) is 15.3 Å². The lowest BCUT2D eigenvalue weighted by molar-refractivity contribution is 0.0940. The third kappa shape index (κ3) is 3.97. The number of hydrogen-bond donors (Lipinski definition) is 3. The summed E-state index contributed by atoms with van der Waals surface area (Å²) in [5.41, 5.74) is 1.68. The number of carbonyl (C=O) groups is 1. The molecule has 0 fully saturated rings. The number of H-pyrrole nitrogens is 2. The predicted octanol–water partition coefficient (Wildman–Crippen LogP) is 3.60. The van der Waals surface area contributed by atoms with E-state index in [1.54, 1.807) is 18.2 Å². The van der Waals surface area contributed by atoms with Crippen molar-refractivity contribution >= 4 is 40.6 Å². The number of rotatable bonds is 4. The Morgan fingerprint density at radius 2 is 2.00 bits per heavy atom. The van der Waals surface area contributed by atoms with Gasteiger partial charge in [-0.05, 0) is 55.4 Å². The lowest BCUT2D eigenvalue weighted by atomic mass is 10.1. The molecule has 3 rings (SSSR count). The number of aromatic amines is 2. The number of benzene rings is 2. The molecule has 0 aliphatic heterocycles. The molecule has 0 aliphatic carbocycles. The molecule has 0 saturated heterocycles. The Morgan fingerprint density at radius 1 is 1.24 bits per heavy atom. The van der Waals surface area contributed by atoms with Crippen LogP contribution < -0.4 is 10.9 Å². The molecule has 0 bridgehead atoms. The molecule has 1 atom stereocenters. The van der Waals surface area contributed by atoms with Gasteiger partial charge in [0.1, 0.15) is 0 Å². The standard InChI is InChI=1S/C18H16ClN3O2S/c1-10(8-11-4-2-3-5-14(11)19)20-16(23)12-6-7-13-15(9-12)21-18(25)22-17(13)24/h2-7,9-10H,8H2,1H3,(H,20,23)(H2,21,22,24,25)/t10-/m1/s1. The number of amides is 1. The van der Waals surface area contributed by atoms with Gasteiger partial charge in [-0.1, -0.05) is 29.8 Å². The van der Waals surface area contributed by atoms with E-state index in [1.165, 1.54) is 0 Å². The van der Waals surface area contributed by atoms with Crippen molar-refractivity contribution in [3.63, 3.8) is 0 Å². The van der Waals surface area contributed by atoms with Gasteiger partial charge in [-0.25, -0.2) is 0 Å². The van der Waals surface area contributed by atoms with Gasteiger partial charge in [0.05, 0.1) is 10.9 Å². The minimum absolute atomic E-state index is 0.0965. The average molecular weight is 374 g/mol. The molecule has 5 nitrogen and oxygen atoms in total. The highest BCUT2D eigenvalue weighted by Gasteiger charge is 2.13. The Hall–Kier alpha value is -2.44. The Balaban J connectivity index is 1.79. The van der Waals surface area contributed by atoms with Crippen LogP contribution in [0.1, 0.15) is 22.8 Å². The maximum Gasteiger partial charge on any atom is 0.259 e. The second-order valence-electron chi connectivity index (χ2n) is 5.84. The van der Waals surface area contributed by atoms with Gasteiger partial charge in [-0.3, -0.25) is 14.6 Å². The molecule has 25 heavy (non-hydrogen) atoms. The topological polar surface area (TPSA) is 77.8 Å². The third-order valence-electron chi connectivity index (χ3n) is 3.86. The summed E-state index contributed by atoms with van der Waals surface area (Å²) in [6.07, 6.45) is 0.626. The Morgan fingerprint density at radius 3 is 2.76 bits per heavy atom. The first-order valence-electron chi connectivity index (χ1n) is 7.74. The summed E-state index contributed by atoms with van der Waals surface area (Å²) in [6.45, 7) is 1.92. The minimum atomic E-state index is -0.280. The molecule has 0 radical (unpaired) electrons. The van der Waals surface area contributed by atoms with Gasteiger partial charge < -0.3 is 10.3 Å². The smallest absolute Gasteiger partial charge is 0.259 e. The van der Waals surface area contributed by atoms with Crippen LogP contribution in [0, 0.1) is 4.77 Å². The summed E-state index contributed by atoms with van der Waals surface area (Å²) in [5.74, 6) is -0.221. The molecule has 0 unspecified atom stereocenters. The lowest BCUT2D eigenvalue weighted by Gasteiger charge is -2.15. The highest BCUT2D eigenvalue weighted by atomic mass is 35.5. The molecule has 2 aromatic carbocycles. The van der Waals surface area contributed by atoms with E-state index in [-0.39, 0.29) is 22.3 Å². The zero-order valence-electron chi connectivity index (χ0n) is 13.4. The van der Waals surface area contributed by atoms with E-state index >= 15 is 0 Å². The van der Waals surface area contributed by atoms with Gasteiger partial charge >= 0.3 is 0 Å². The van der Waals surface area contributed by atoms with Crippen molar-refractivity contribution in [2.24, 2.45) is 0 Å². The molecule has 3 aromatic rings. The van der Waals surface area contributed by atoms with Gasteiger partial charge in [-0.15, -0.1) is 0 Å². The van der Waals surface area contributed by atoms with E-state index < -0.39 is 0 Å². The van der Waals surface area contributed by atoms with E-state index in [4.69, 9.17) is 23.8 Å². The molecule has 1 aromatic heterocycles. The molecule has 0 saturated carbocycles. The van der Waals surface area contributed by atoms with Crippen molar-refractivity contribution in [2.45, 2.75) is 19.4 Å². The molecule has 1 heterocycles. The van der Waals surface area contributed by atoms with Crippen LogP contribution in [0.4, 0.5) is 0 Å². The first kappa shape index (κ1) is 17.4. The summed E-state index contributed by atoms with van der Waals surface area (Å²) in [5, 5.41) is 4.08. The fourth-order valence-corrected chi connectivity index (χ4v) is 3.08. The summed E-state index contributed by atoms with van der Waals surface area (Å²) in [7, 11) is 0. The number of halogens is 1. The zero-order valence-corrected chi connectivity index (χ0v) is 15.0. The number of carbonyl (C=O) groups excluding carboxylic acids is 1. The van der Waals surface area contributed by atoms with E-state index in [9.17, 15) is 9.59 Å². The van der Waals surface area contributed by atoms with Crippen LogP contribution in [0.15, 0.2) is 47.3 Å². The highest BCUT2D eigenvalue weighted by molar-refractivity contribution is 7.71. The van der Waals surface area contributed by atoms with Crippen LogP contribution >= 0.6 is 23.8 Å². The van der Waals surface area contributed by atoms with Crippen molar-refractivity contribution in [3.8, 4) is 0 Å². The summed E-state index contributed by atoms with van der Waals surface area (Å²) < 4.78 is 0.224. The van der Waals surface area contributed by atoms with Crippen LogP contribution in [0.5, 0.6) is 0 Å². The number of fused-ring (bicyclic) bond motifs is 1. The number of nitrogens with one attached hydrogen (secondary N) is 3. The number of hydrogen-bond acceptors (Lipinski definition) is 3. The third-order valence-corrected chi connectivity index (χ3v) is 4.44. The first-order chi connectivity index (χ1) is 11.9. The van der Waals surface area contributed by atoms with Gasteiger partial charge in [0.25, 0.3) is 11.5 Å². The van der Waals surface area contributed by atoms with Crippen LogP contribution in [0.2, 0.25) is 5.02 Å². The molecule has 3 N–H and O–H groups in total. The first-order valence-corrected chi connectivity index (χ1v) is 8.53. The van der Waals surface area contributed by atoms with Crippen molar-refractivity contribution < 1.29 is 4.79 Å². The van der Waals surface area contributed by atoms with Crippen LogP contribution in [-0.2, 0) is 6.42 Å². The van der Waals surface area contributed by atoms with E-state index in [2.05, 4.69) is 15.3 Å². The van der Waals surface area contributed by atoms with Crippen LogP contribution in [0.3, 0.4) is 0 Å².